The summed E-state index contributed by atoms with van der Waals surface area (Å²) in [6, 6.07) is 14.8. The molecule has 0 radical (unpaired) electrons. The van der Waals surface area contributed by atoms with E-state index in [1.165, 1.54) is 0 Å². The summed E-state index contributed by atoms with van der Waals surface area (Å²) in [5.41, 5.74) is 1.97. The Morgan fingerprint density at radius 1 is 1.00 bits per heavy atom. The van der Waals surface area contributed by atoms with Gasteiger partial charge in [-0.15, -0.1) is 0 Å². The molecular formula is C22H21BrCl2N2O3. The molecule has 3 aromatic rings. The van der Waals surface area contributed by atoms with E-state index in [9.17, 15) is 0 Å². The molecule has 5 nitrogen and oxygen atoms in total. The highest BCUT2D eigenvalue weighted by molar-refractivity contribution is 9.10. The zero-order valence-electron chi connectivity index (χ0n) is 16.3. The van der Waals surface area contributed by atoms with Gasteiger partial charge in [0.05, 0.1) is 17.2 Å². The van der Waals surface area contributed by atoms with Crippen molar-refractivity contribution in [1.82, 2.24) is 10.3 Å². The Balaban J connectivity index is 1.54. The van der Waals surface area contributed by atoms with E-state index in [4.69, 9.17) is 37.4 Å². The van der Waals surface area contributed by atoms with Crippen LogP contribution < -0.4 is 19.5 Å². The lowest BCUT2D eigenvalue weighted by atomic mass is 10.2. The van der Waals surface area contributed by atoms with Gasteiger partial charge in [-0.25, -0.2) is 4.98 Å². The second-order valence-corrected chi connectivity index (χ2v) is 7.99. The summed E-state index contributed by atoms with van der Waals surface area (Å²) >= 11 is 15.6. The first-order valence-electron chi connectivity index (χ1n) is 9.24. The smallest absolute Gasteiger partial charge is 0.213 e. The number of rotatable bonds is 10. The lowest BCUT2D eigenvalue weighted by Gasteiger charge is -2.15. The standard InChI is InChI=1S/C22H21BrCl2N2O3/c1-28-20-11-16(13-26-8-9-29-22-4-2-3-7-27-22)17(23)12-21(20)30-14-15-5-6-18(24)19(25)10-15/h2-7,10-12,26H,8-9,13-14H2,1H3. The van der Waals surface area contributed by atoms with E-state index in [0.29, 0.717) is 53.7 Å². The molecule has 0 fully saturated rings. The minimum absolute atomic E-state index is 0.349. The second-order valence-electron chi connectivity index (χ2n) is 6.32. The van der Waals surface area contributed by atoms with Crippen LogP contribution in [0.2, 0.25) is 10.0 Å². The van der Waals surface area contributed by atoms with Crippen LogP contribution in [-0.4, -0.2) is 25.2 Å². The van der Waals surface area contributed by atoms with Crippen LogP contribution in [0.5, 0.6) is 17.4 Å². The van der Waals surface area contributed by atoms with Crippen LogP contribution in [0, 0.1) is 0 Å². The lowest BCUT2D eigenvalue weighted by Crippen LogP contribution is -2.21. The van der Waals surface area contributed by atoms with Gasteiger partial charge in [0.25, 0.3) is 0 Å². The highest BCUT2D eigenvalue weighted by atomic mass is 79.9. The van der Waals surface area contributed by atoms with Crippen LogP contribution >= 0.6 is 39.1 Å². The number of nitrogens with one attached hydrogen (secondary N) is 1. The van der Waals surface area contributed by atoms with Crippen molar-refractivity contribution in [1.29, 1.82) is 0 Å². The van der Waals surface area contributed by atoms with Crippen LogP contribution in [0.25, 0.3) is 0 Å². The molecule has 0 amide bonds. The average Bonchev–Trinajstić information content (AvgIpc) is 2.76. The summed E-state index contributed by atoms with van der Waals surface area (Å²) in [5.74, 6) is 1.91. The van der Waals surface area contributed by atoms with Crippen molar-refractivity contribution in [2.24, 2.45) is 0 Å². The lowest BCUT2D eigenvalue weighted by molar-refractivity contribution is 0.284. The maximum absolute atomic E-state index is 6.07. The third-order valence-electron chi connectivity index (χ3n) is 4.19. The van der Waals surface area contributed by atoms with Gasteiger partial charge in [0, 0.05) is 29.8 Å². The Morgan fingerprint density at radius 3 is 2.60 bits per heavy atom. The summed E-state index contributed by atoms with van der Waals surface area (Å²) in [5, 5.41) is 4.36. The zero-order valence-corrected chi connectivity index (χ0v) is 19.4. The Labute approximate surface area is 194 Å². The van der Waals surface area contributed by atoms with E-state index in [1.807, 2.05) is 36.4 Å². The summed E-state index contributed by atoms with van der Waals surface area (Å²) in [6.45, 7) is 2.20. The van der Waals surface area contributed by atoms with Gasteiger partial charge in [-0.3, -0.25) is 0 Å². The maximum atomic E-state index is 6.07. The zero-order chi connectivity index (χ0) is 21.3. The van der Waals surface area contributed by atoms with Crippen molar-refractivity contribution in [3.63, 3.8) is 0 Å². The van der Waals surface area contributed by atoms with E-state index < -0.39 is 0 Å². The van der Waals surface area contributed by atoms with Crippen molar-refractivity contribution in [2.75, 3.05) is 20.3 Å². The van der Waals surface area contributed by atoms with E-state index in [0.717, 1.165) is 15.6 Å². The van der Waals surface area contributed by atoms with Gasteiger partial charge in [-0.1, -0.05) is 51.3 Å². The Hall–Kier alpha value is -1.99. The highest BCUT2D eigenvalue weighted by Gasteiger charge is 2.11. The molecule has 1 aromatic heterocycles. The predicted octanol–water partition coefficient (Wildman–Crippen LogP) is 5.91. The molecule has 8 heteroatoms. The molecule has 0 atom stereocenters. The molecule has 0 saturated heterocycles. The van der Waals surface area contributed by atoms with Gasteiger partial charge in [0.2, 0.25) is 5.88 Å². The fourth-order valence-corrected chi connectivity index (χ4v) is 3.44. The minimum Gasteiger partial charge on any atom is -0.493 e. The molecule has 30 heavy (non-hydrogen) atoms. The quantitative estimate of drug-likeness (QED) is 0.343. The normalized spacial score (nSPS) is 10.7. The molecule has 0 aliphatic carbocycles. The number of pyridine rings is 1. The maximum Gasteiger partial charge on any atom is 0.213 e. The molecule has 2 aromatic carbocycles. The topological polar surface area (TPSA) is 52.6 Å². The molecule has 0 saturated carbocycles. The SMILES string of the molecule is COc1cc(CNCCOc2ccccn2)c(Br)cc1OCc1ccc(Cl)c(Cl)c1. The van der Waals surface area contributed by atoms with E-state index in [1.54, 1.807) is 25.4 Å². The minimum atomic E-state index is 0.349. The number of halogens is 3. The first-order valence-corrected chi connectivity index (χ1v) is 10.8. The molecule has 0 spiro atoms. The molecule has 158 valence electrons. The third kappa shape index (κ3) is 6.51. The molecule has 3 rings (SSSR count). The molecule has 0 bridgehead atoms. The second kappa shape index (κ2) is 11.4. The Bertz CT molecular complexity index is 974. The van der Waals surface area contributed by atoms with E-state index in [-0.39, 0.29) is 0 Å². The predicted molar refractivity (Wildman–Crippen MR) is 123 cm³/mol. The fourth-order valence-electron chi connectivity index (χ4n) is 2.66. The van der Waals surface area contributed by atoms with Gasteiger partial charge < -0.3 is 19.5 Å². The monoisotopic (exact) mass is 510 g/mol. The Kier molecular flexibility index (Phi) is 8.63. The molecule has 0 aliphatic heterocycles. The summed E-state index contributed by atoms with van der Waals surface area (Å²) in [6.07, 6.45) is 1.71. The number of benzene rings is 2. The fraction of sp³-hybridized carbons (Fsp3) is 0.227. The van der Waals surface area contributed by atoms with Gasteiger partial charge in [0.1, 0.15) is 13.2 Å². The molecule has 1 N–H and O–H groups in total. The molecular weight excluding hydrogens is 491 g/mol. The summed E-state index contributed by atoms with van der Waals surface area (Å²) < 4.78 is 17.9. The number of ether oxygens (including phenoxy) is 3. The first kappa shape index (κ1) is 22.7. The van der Waals surface area contributed by atoms with Gasteiger partial charge in [-0.2, -0.15) is 0 Å². The van der Waals surface area contributed by atoms with Crippen LogP contribution in [0.15, 0.2) is 59.2 Å². The number of methoxy groups -OCH3 is 1. The van der Waals surface area contributed by atoms with Gasteiger partial charge in [-0.05, 0) is 41.5 Å². The van der Waals surface area contributed by atoms with Gasteiger partial charge in [0.15, 0.2) is 11.5 Å². The largest absolute Gasteiger partial charge is 0.493 e. The van der Waals surface area contributed by atoms with Crippen LogP contribution in [0.4, 0.5) is 0 Å². The number of hydrogen-bond acceptors (Lipinski definition) is 5. The summed E-state index contributed by atoms with van der Waals surface area (Å²) in [4.78, 5) is 4.13. The summed E-state index contributed by atoms with van der Waals surface area (Å²) in [7, 11) is 1.62. The van der Waals surface area contributed by atoms with Crippen molar-refractivity contribution in [3.8, 4) is 17.4 Å². The number of hydrogen-bond donors (Lipinski definition) is 1. The Morgan fingerprint density at radius 2 is 1.87 bits per heavy atom. The first-order chi connectivity index (χ1) is 14.6. The highest BCUT2D eigenvalue weighted by Crippen LogP contribution is 2.34. The van der Waals surface area contributed by atoms with Crippen molar-refractivity contribution < 1.29 is 14.2 Å². The van der Waals surface area contributed by atoms with E-state index >= 15 is 0 Å². The van der Waals surface area contributed by atoms with Crippen molar-refractivity contribution in [3.05, 3.63) is 80.4 Å². The number of nitrogens with zero attached hydrogens (tertiary/aromatic N) is 1. The van der Waals surface area contributed by atoms with Crippen LogP contribution in [-0.2, 0) is 13.2 Å². The average molecular weight is 512 g/mol. The van der Waals surface area contributed by atoms with Crippen molar-refractivity contribution >= 4 is 39.1 Å². The van der Waals surface area contributed by atoms with Crippen molar-refractivity contribution in [2.45, 2.75) is 13.2 Å². The van der Waals surface area contributed by atoms with E-state index in [2.05, 4.69) is 26.2 Å². The van der Waals surface area contributed by atoms with Crippen LogP contribution in [0.1, 0.15) is 11.1 Å². The molecule has 0 unspecified atom stereocenters. The van der Waals surface area contributed by atoms with Gasteiger partial charge >= 0.3 is 0 Å². The van der Waals surface area contributed by atoms with Crippen LogP contribution in [0.3, 0.4) is 0 Å². The number of aromatic nitrogens is 1. The molecule has 0 aliphatic rings. The third-order valence-corrected chi connectivity index (χ3v) is 5.67. The molecule has 1 heterocycles.